The zero-order valence-electron chi connectivity index (χ0n) is 10.1. The third kappa shape index (κ3) is 2.02. The van der Waals surface area contributed by atoms with Crippen LogP contribution < -0.4 is 5.32 Å². The van der Waals surface area contributed by atoms with Crippen LogP contribution in [-0.4, -0.2) is 32.0 Å². The van der Waals surface area contributed by atoms with Gasteiger partial charge in [-0.15, -0.1) is 5.10 Å². The second kappa shape index (κ2) is 4.40. The first-order valence-corrected chi connectivity index (χ1v) is 5.92. The molecular weight excluding hydrogens is 284 g/mol. The maximum Gasteiger partial charge on any atom is 0.157 e. The number of rotatable bonds is 2. The summed E-state index contributed by atoms with van der Waals surface area (Å²) in [6.45, 7) is 3.83. The van der Waals surface area contributed by atoms with Gasteiger partial charge in [-0.25, -0.2) is 14.6 Å². The number of nitrogens with zero attached hydrogens (tertiary/aromatic N) is 5. The molecule has 17 heavy (non-hydrogen) atoms. The molecule has 6 nitrogen and oxygen atoms in total. The van der Waals surface area contributed by atoms with Gasteiger partial charge in [0.25, 0.3) is 0 Å². The van der Waals surface area contributed by atoms with E-state index >= 15 is 0 Å². The average Bonchev–Trinajstić information content (AvgIpc) is 2.62. The molecule has 2 aromatic rings. The highest BCUT2D eigenvalue weighted by Gasteiger charge is 2.17. The van der Waals surface area contributed by atoms with Crippen LogP contribution in [0.15, 0.2) is 4.60 Å². The smallest absolute Gasteiger partial charge is 0.157 e. The fourth-order valence-electron chi connectivity index (χ4n) is 1.69. The molecule has 0 fully saturated rings. The van der Waals surface area contributed by atoms with Crippen molar-refractivity contribution in [2.75, 3.05) is 12.4 Å². The van der Waals surface area contributed by atoms with Crippen LogP contribution in [-0.2, 0) is 7.05 Å². The highest BCUT2D eigenvalue weighted by molar-refractivity contribution is 9.10. The molecule has 0 amide bonds. The van der Waals surface area contributed by atoms with Gasteiger partial charge in [0.1, 0.15) is 17.3 Å². The molecule has 2 aromatic heterocycles. The summed E-state index contributed by atoms with van der Waals surface area (Å²) >= 11 is 3.38. The third-order valence-corrected chi connectivity index (χ3v) is 3.04. The van der Waals surface area contributed by atoms with Gasteiger partial charge in [0, 0.05) is 19.7 Å². The Bertz CT molecular complexity index is 543. The highest BCUT2D eigenvalue weighted by atomic mass is 79.9. The molecule has 0 aliphatic heterocycles. The highest BCUT2D eigenvalue weighted by Crippen LogP contribution is 2.29. The molecule has 0 aliphatic rings. The SMILES string of the molecule is CNc1nc(C)nc(-c2c(Br)nnn2C)c1C. The number of halogens is 1. The van der Waals surface area contributed by atoms with Crippen molar-refractivity contribution in [1.29, 1.82) is 0 Å². The minimum absolute atomic E-state index is 0.684. The van der Waals surface area contributed by atoms with E-state index in [9.17, 15) is 0 Å². The van der Waals surface area contributed by atoms with E-state index in [1.807, 2.05) is 27.9 Å². The minimum atomic E-state index is 0.684. The Hall–Kier alpha value is -1.50. The summed E-state index contributed by atoms with van der Waals surface area (Å²) in [4.78, 5) is 8.80. The number of hydrogen-bond donors (Lipinski definition) is 1. The number of hydrogen-bond acceptors (Lipinski definition) is 5. The Labute approximate surface area is 108 Å². The van der Waals surface area contributed by atoms with Crippen LogP contribution in [0.4, 0.5) is 5.82 Å². The van der Waals surface area contributed by atoms with Gasteiger partial charge in [-0.05, 0) is 29.8 Å². The maximum atomic E-state index is 4.46. The summed E-state index contributed by atoms with van der Waals surface area (Å²) in [5.74, 6) is 1.53. The summed E-state index contributed by atoms with van der Waals surface area (Å²) in [5, 5.41) is 11.0. The number of aryl methyl sites for hydroxylation is 2. The maximum absolute atomic E-state index is 4.46. The molecule has 0 atom stereocenters. The number of aromatic nitrogens is 5. The lowest BCUT2D eigenvalue weighted by Gasteiger charge is -2.10. The Morgan fingerprint density at radius 2 is 1.94 bits per heavy atom. The van der Waals surface area contributed by atoms with Gasteiger partial charge in [0.15, 0.2) is 4.60 Å². The summed E-state index contributed by atoms with van der Waals surface area (Å²) in [5.41, 5.74) is 2.66. The lowest BCUT2D eigenvalue weighted by molar-refractivity contribution is 0.717. The van der Waals surface area contributed by atoms with Gasteiger partial charge in [-0.1, -0.05) is 5.21 Å². The van der Waals surface area contributed by atoms with Crippen molar-refractivity contribution in [3.63, 3.8) is 0 Å². The molecular formula is C10H13BrN6. The van der Waals surface area contributed by atoms with Crippen molar-refractivity contribution in [3.8, 4) is 11.4 Å². The lowest BCUT2D eigenvalue weighted by Crippen LogP contribution is -2.05. The normalized spacial score (nSPS) is 10.6. The van der Waals surface area contributed by atoms with Gasteiger partial charge < -0.3 is 5.32 Å². The molecule has 2 rings (SSSR count). The van der Waals surface area contributed by atoms with Crippen LogP contribution in [0.25, 0.3) is 11.4 Å². The van der Waals surface area contributed by atoms with Gasteiger partial charge in [0.05, 0.1) is 5.69 Å². The molecule has 90 valence electrons. The Kier molecular flexibility index (Phi) is 3.10. The largest absolute Gasteiger partial charge is 0.373 e. The van der Waals surface area contributed by atoms with Gasteiger partial charge >= 0.3 is 0 Å². The first-order chi connectivity index (χ1) is 8.04. The van der Waals surface area contributed by atoms with Gasteiger partial charge in [-0.2, -0.15) is 0 Å². The Morgan fingerprint density at radius 3 is 2.47 bits per heavy atom. The van der Waals surface area contributed by atoms with Crippen molar-refractivity contribution in [1.82, 2.24) is 25.0 Å². The predicted molar refractivity (Wildman–Crippen MR) is 68.7 cm³/mol. The lowest BCUT2D eigenvalue weighted by atomic mass is 10.2. The fourth-order valence-corrected chi connectivity index (χ4v) is 2.20. The van der Waals surface area contributed by atoms with Crippen molar-refractivity contribution >= 4 is 21.7 Å². The van der Waals surface area contributed by atoms with Crippen molar-refractivity contribution in [3.05, 3.63) is 16.0 Å². The van der Waals surface area contributed by atoms with E-state index in [1.165, 1.54) is 0 Å². The molecule has 2 heterocycles. The van der Waals surface area contributed by atoms with E-state index in [2.05, 4.69) is 41.5 Å². The molecule has 1 N–H and O–H groups in total. The summed E-state index contributed by atoms with van der Waals surface area (Å²) < 4.78 is 2.38. The third-order valence-electron chi connectivity index (χ3n) is 2.50. The summed E-state index contributed by atoms with van der Waals surface area (Å²) in [6.07, 6.45) is 0. The van der Waals surface area contributed by atoms with Crippen LogP contribution in [0, 0.1) is 13.8 Å². The topological polar surface area (TPSA) is 68.5 Å². The second-order valence-corrected chi connectivity index (χ2v) is 4.45. The Balaban J connectivity index is 2.71. The van der Waals surface area contributed by atoms with Crippen molar-refractivity contribution < 1.29 is 0 Å². The first kappa shape index (κ1) is 12.0. The van der Waals surface area contributed by atoms with Gasteiger partial charge in [-0.3, -0.25) is 0 Å². The fraction of sp³-hybridized carbons (Fsp3) is 0.400. The van der Waals surface area contributed by atoms with E-state index in [0.29, 0.717) is 10.4 Å². The zero-order chi connectivity index (χ0) is 12.6. The minimum Gasteiger partial charge on any atom is -0.373 e. The van der Waals surface area contributed by atoms with Crippen LogP contribution in [0.2, 0.25) is 0 Å². The van der Waals surface area contributed by atoms with Crippen LogP contribution in [0.1, 0.15) is 11.4 Å². The monoisotopic (exact) mass is 296 g/mol. The number of nitrogens with one attached hydrogen (secondary N) is 1. The molecule has 0 spiro atoms. The van der Waals surface area contributed by atoms with Crippen LogP contribution >= 0.6 is 15.9 Å². The molecule has 0 bridgehead atoms. The zero-order valence-corrected chi connectivity index (χ0v) is 11.7. The average molecular weight is 297 g/mol. The molecule has 7 heteroatoms. The molecule has 0 saturated heterocycles. The van der Waals surface area contributed by atoms with Gasteiger partial charge in [0.2, 0.25) is 0 Å². The molecule has 0 radical (unpaired) electrons. The quantitative estimate of drug-likeness (QED) is 0.913. The second-order valence-electron chi connectivity index (χ2n) is 3.70. The Morgan fingerprint density at radius 1 is 1.24 bits per heavy atom. The summed E-state index contributed by atoms with van der Waals surface area (Å²) in [6, 6.07) is 0. The van der Waals surface area contributed by atoms with E-state index in [0.717, 1.165) is 22.8 Å². The molecule has 0 saturated carbocycles. The van der Waals surface area contributed by atoms with Crippen molar-refractivity contribution in [2.45, 2.75) is 13.8 Å². The van der Waals surface area contributed by atoms with E-state index < -0.39 is 0 Å². The van der Waals surface area contributed by atoms with E-state index in [4.69, 9.17) is 0 Å². The van der Waals surface area contributed by atoms with E-state index in [1.54, 1.807) is 4.68 Å². The van der Waals surface area contributed by atoms with Crippen molar-refractivity contribution in [2.24, 2.45) is 7.05 Å². The molecule has 0 unspecified atom stereocenters. The predicted octanol–water partition coefficient (Wildman–Crippen LogP) is 1.69. The standard InChI is InChI=1S/C10H13BrN6/c1-5-7(8-9(11)15-16-17(8)4)13-6(2)14-10(5)12-3/h1-4H3,(H,12,13,14). The first-order valence-electron chi connectivity index (χ1n) is 5.13. The molecule has 0 aromatic carbocycles. The number of anilines is 1. The van der Waals surface area contributed by atoms with E-state index in [-0.39, 0.29) is 0 Å². The summed E-state index contributed by atoms with van der Waals surface area (Å²) in [7, 11) is 3.68. The molecule has 0 aliphatic carbocycles. The van der Waals surface area contributed by atoms with Crippen LogP contribution in [0.5, 0.6) is 0 Å². The van der Waals surface area contributed by atoms with Crippen LogP contribution in [0.3, 0.4) is 0 Å².